The first-order chi connectivity index (χ1) is 9.79. The van der Waals surface area contributed by atoms with E-state index >= 15 is 0 Å². The van der Waals surface area contributed by atoms with Crippen molar-refractivity contribution in [2.24, 2.45) is 5.92 Å². The van der Waals surface area contributed by atoms with Gasteiger partial charge >= 0.3 is 0 Å². The molecule has 0 amide bonds. The van der Waals surface area contributed by atoms with Gasteiger partial charge in [-0.1, -0.05) is 25.5 Å². The normalized spacial score (nSPS) is 25.9. The summed E-state index contributed by atoms with van der Waals surface area (Å²) in [7, 11) is 2.20. The summed E-state index contributed by atoms with van der Waals surface area (Å²) in [4.78, 5) is 4.98. The van der Waals surface area contributed by atoms with Crippen molar-refractivity contribution in [2.75, 3.05) is 43.0 Å². The lowest BCUT2D eigenvalue weighted by molar-refractivity contribution is 0.405. The summed E-state index contributed by atoms with van der Waals surface area (Å²) in [5, 5.41) is 3.68. The molecule has 1 saturated carbocycles. The number of anilines is 2. The number of nitrogens with one attached hydrogen (secondary N) is 1. The van der Waals surface area contributed by atoms with E-state index < -0.39 is 0 Å². The molecule has 0 bridgehead atoms. The van der Waals surface area contributed by atoms with E-state index in [1.165, 1.54) is 37.2 Å². The molecule has 0 saturated heterocycles. The average Bonchev–Trinajstić information content (AvgIpc) is 2.90. The molecular formula is C17H27N3. The summed E-state index contributed by atoms with van der Waals surface area (Å²) in [5.41, 5.74) is 2.81. The number of hydrogen-bond acceptors (Lipinski definition) is 3. The molecule has 20 heavy (non-hydrogen) atoms. The second kappa shape index (κ2) is 6.04. The van der Waals surface area contributed by atoms with Crippen LogP contribution in [-0.4, -0.2) is 39.3 Å². The molecule has 1 aliphatic heterocycles. The zero-order chi connectivity index (χ0) is 13.9. The Morgan fingerprint density at radius 3 is 2.75 bits per heavy atom. The highest BCUT2D eigenvalue weighted by molar-refractivity contribution is 5.73. The van der Waals surface area contributed by atoms with Crippen LogP contribution in [0.15, 0.2) is 24.3 Å². The van der Waals surface area contributed by atoms with Crippen molar-refractivity contribution in [1.29, 1.82) is 0 Å². The van der Waals surface area contributed by atoms with Crippen LogP contribution in [0.25, 0.3) is 0 Å². The fourth-order valence-corrected chi connectivity index (χ4v) is 3.82. The van der Waals surface area contributed by atoms with Crippen molar-refractivity contribution < 1.29 is 0 Å². The molecule has 2 atom stereocenters. The van der Waals surface area contributed by atoms with Gasteiger partial charge in [-0.25, -0.2) is 0 Å². The van der Waals surface area contributed by atoms with Crippen LogP contribution in [-0.2, 0) is 0 Å². The van der Waals surface area contributed by atoms with Crippen LogP contribution < -0.4 is 15.1 Å². The lowest BCUT2D eigenvalue weighted by Crippen LogP contribution is -2.44. The highest BCUT2D eigenvalue weighted by Crippen LogP contribution is 2.34. The number of rotatable bonds is 4. The molecule has 1 aliphatic carbocycles. The zero-order valence-corrected chi connectivity index (χ0v) is 12.8. The Labute approximate surface area is 123 Å². The van der Waals surface area contributed by atoms with Crippen LogP contribution in [0, 0.1) is 5.92 Å². The maximum Gasteiger partial charge on any atom is 0.0604 e. The summed E-state index contributed by atoms with van der Waals surface area (Å²) in [6.45, 7) is 6.82. The lowest BCUT2D eigenvalue weighted by Gasteiger charge is -2.39. The second-order valence-electron chi connectivity index (χ2n) is 6.21. The molecule has 1 heterocycles. The van der Waals surface area contributed by atoms with E-state index in [9.17, 15) is 0 Å². The summed E-state index contributed by atoms with van der Waals surface area (Å²) < 4.78 is 0. The van der Waals surface area contributed by atoms with Gasteiger partial charge in [0.15, 0.2) is 0 Å². The van der Waals surface area contributed by atoms with Gasteiger partial charge in [0.2, 0.25) is 0 Å². The predicted molar refractivity (Wildman–Crippen MR) is 86.7 cm³/mol. The van der Waals surface area contributed by atoms with Crippen molar-refractivity contribution in [3.8, 4) is 0 Å². The van der Waals surface area contributed by atoms with E-state index in [-0.39, 0.29) is 0 Å². The topological polar surface area (TPSA) is 18.5 Å². The van der Waals surface area contributed by atoms with Crippen LogP contribution in [0.2, 0.25) is 0 Å². The molecule has 110 valence electrons. The first-order valence-electron chi connectivity index (χ1n) is 8.08. The van der Waals surface area contributed by atoms with Crippen molar-refractivity contribution in [2.45, 2.75) is 32.2 Å². The van der Waals surface area contributed by atoms with Gasteiger partial charge in [0, 0.05) is 32.7 Å². The number of fused-ring (bicyclic) bond motifs is 1. The fraction of sp³-hybridized carbons (Fsp3) is 0.647. The Hall–Kier alpha value is -1.22. The fourth-order valence-electron chi connectivity index (χ4n) is 3.82. The monoisotopic (exact) mass is 273 g/mol. The first-order valence-corrected chi connectivity index (χ1v) is 8.08. The largest absolute Gasteiger partial charge is 0.371 e. The minimum atomic E-state index is 0.729. The molecule has 0 spiro atoms. The Balaban J connectivity index is 1.73. The van der Waals surface area contributed by atoms with E-state index in [1.54, 1.807) is 0 Å². The second-order valence-corrected chi connectivity index (χ2v) is 6.21. The molecular weight excluding hydrogens is 246 g/mol. The average molecular weight is 273 g/mol. The van der Waals surface area contributed by atoms with E-state index in [2.05, 4.69) is 53.4 Å². The van der Waals surface area contributed by atoms with Gasteiger partial charge in [-0.15, -0.1) is 0 Å². The highest BCUT2D eigenvalue weighted by atomic mass is 15.3. The molecule has 0 aromatic heterocycles. The third-order valence-electron chi connectivity index (χ3n) is 4.92. The predicted octanol–water partition coefficient (Wildman–Crippen LogP) is 2.72. The van der Waals surface area contributed by atoms with Crippen molar-refractivity contribution in [3.05, 3.63) is 24.3 Å². The van der Waals surface area contributed by atoms with Crippen molar-refractivity contribution >= 4 is 11.4 Å². The van der Waals surface area contributed by atoms with Gasteiger partial charge in [0.05, 0.1) is 11.4 Å². The Morgan fingerprint density at radius 2 is 1.95 bits per heavy atom. The van der Waals surface area contributed by atoms with Crippen molar-refractivity contribution in [3.63, 3.8) is 0 Å². The van der Waals surface area contributed by atoms with Gasteiger partial charge in [-0.2, -0.15) is 0 Å². The number of likely N-dealkylation sites (N-methyl/N-ethyl adjacent to an activating group) is 1. The highest BCUT2D eigenvalue weighted by Gasteiger charge is 2.30. The molecule has 2 aliphatic rings. The Bertz CT molecular complexity index is 446. The van der Waals surface area contributed by atoms with Gasteiger partial charge in [-0.05, 0) is 37.4 Å². The van der Waals surface area contributed by atoms with E-state index in [0.29, 0.717) is 0 Å². The molecule has 2 unspecified atom stereocenters. The molecule has 3 rings (SSSR count). The molecule has 1 fully saturated rings. The van der Waals surface area contributed by atoms with Crippen LogP contribution in [0.4, 0.5) is 11.4 Å². The van der Waals surface area contributed by atoms with Crippen LogP contribution in [0.1, 0.15) is 26.2 Å². The van der Waals surface area contributed by atoms with E-state index in [1.807, 2.05) is 0 Å². The van der Waals surface area contributed by atoms with Crippen molar-refractivity contribution in [1.82, 2.24) is 5.32 Å². The number of para-hydroxylation sites is 2. The molecule has 3 heteroatoms. The first kappa shape index (κ1) is 13.7. The quantitative estimate of drug-likeness (QED) is 0.910. The summed E-state index contributed by atoms with van der Waals surface area (Å²) in [6.07, 6.45) is 4.12. The maximum absolute atomic E-state index is 3.68. The van der Waals surface area contributed by atoms with E-state index in [0.717, 1.165) is 31.6 Å². The third-order valence-corrected chi connectivity index (χ3v) is 4.92. The van der Waals surface area contributed by atoms with Crippen LogP contribution in [0.3, 0.4) is 0 Å². The molecule has 1 aromatic rings. The van der Waals surface area contributed by atoms with Gasteiger partial charge < -0.3 is 15.1 Å². The number of benzene rings is 1. The standard InChI is InChI=1S/C17H27N3/c1-3-18-15-8-6-7-14(15)13-20-12-11-19(2)16-9-4-5-10-17(16)20/h4-5,9-10,14-15,18H,3,6-8,11-13H2,1-2H3. The minimum absolute atomic E-state index is 0.729. The smallest absolute Gasteiger partial charge is 0.0604 e. The molecule has 1 aromatic carbocycles. The molecule has 1 N–H and O–H groups in total. The van der Waals surface area contributed by atoms with E-state index in [4.69, 9.17) is 0 Å². The number of nitrogens with zero attached hydrogens (tertiary/aromatic N) is 2. The summed E-state index contributed by atoms with van der Waals surface area (Å²) in [5.74, 6) is 0.811. The van der Waals surface area contributed by atoms with Gasteiger partial charge in [-0.3, -0.25) is 0 Å². The van der Waals surface area contributed by atoms with Crippen LogP contribution >= 0.6 is 0 Å². The zero-order valence-electron chi connectivity index (χ0n) is 12.8. The number of hydrogen-bond donors (Lipinski definition) is 1. The van der Waals surface area contributed by atoms with Gasteiger partial charge in [0.1, 0.15) is 0 Å². The Morgan fingerprint density at radius 1 is 1.15 bits per heavy atom. The third kappa shape index (κ3) is 2.64. The lowest BCUT2D eigenvalue weighted by atomic mass is 10.0. The minimum Gasteiger partial charge on any atom is -0.371 e. The molecule has 3 nitrogen and oxygen atoms in total. The summed E-state index contributed by atoms with van der Waals surface area (Å²) >= 11 is 0. The SMILES string of the molecule is CCNC1CCCC1CN1CCN(C)c2ccccc21. The summed E-state index contributed by atoms with van der Waals surface area (Å²) in [6, 6.07) is 9.57. The van der Waals surface area contributed by atoms with Crippen LogP contribution in [0.5, 0.6) is 0 Å². The van der Waals surface area contributed by atoms with Gasteiger partial charge in [0.25, 0.3) is 0 Å². The molecule has 0 radical (unpaired) electrons. The maximum atomic E-state index is 3.68. The Kier molecular flexibility index (Phi) is 4.16.